The van der Waals surface area contributed by atoms with Crippen LogP contribution in [0.1, 0.15) is 57.0 Å². The van der Waals surface area contributed by atoms with Crippen LogP contribution in [0.4, 0.5) is 0 Å². The topological polar surface area (TPSA) is 29.1 Å². The molecule has 2 heteroatoms. The monoisotopic (exact) mass is 261 g/mol. The third-order valence-corrected chi connectivity index (χ3v) is 3.26. The van der Waals surface area contributed by atoms with Crippen LogP contribution in [0.25, 0.3) is 0 Å². The van der Waals surface area contributed by atoms with Gasteiger partial charge in [0, 0.05) is 5.56 Å². The van der Waals surface area contributed by atoms with Gasteiger partial charge in [0.1, 0.15) is 0 Å². The number of ketones is 1. The number of hydrogen-bond acceptors (Lipinski definition) is 2. The van der Waals surface area contributed by atoms with Crippen LogP contribution in [0.15, 0.2) is 24.3 Å². The number of carbonyl (C=O) groups is 1. The van der Waals surface area contributed by atoms with Crippen LogP contribution < -0.4 is 5.32 Å². The van der Waals surface area contributed by atoms with Gasteiger partial charge in [0.25, 0.3) is 0 Å². The van der Waals surface area contributed by atoms with Crippen LogP contribution >= 0.6 is 0 Å². The molecule has 0 saturated carbocycles. The molecular formula is C17H27NO. The molecule has 0 aliphatic heterocycles. The fourth-order valence-corrected chi connectivity index (χ4v) is 1.85. The molecule has 0 spiro atoms. The summed E-state index contributed by atoms with van der Waals surface area (Å²) >= 11 is 0. The smallest absolute Gasteiger partial charge is 0.176 e. The van der Waals surface area contributed by atoms with E-state index in [4.69, 9.17) is 0 Å². The third kappa shape index (κ3) is 5.56. The van der Waals surface area contributed by atoms with E-state index in [-0.39, 0.29) is 11.2 Å². The molecule has 0 bridgehead atoms. The lowest BCUT2D eigenvalue weighted by molar-refractivity contribution is 0.0991. The van der Waals surface area contributed by atoms with Crippen LogP contribution in [0.3, 0.4) is 0 Å². The van der Waals surface area contributed by atoms with Crippen LogP contribution in [-0.2, 0) is 5.41 Å². The van der Waals surface area contributed by atoms with Crippen molar-refractivity contribution in [1.29, 1.82) is 0 Å². The molecule has 0 heterocycles. The van der Waals surface area contributed by atoms with Crippen molar-refractivity contribution in [2.45, 2.75) is 46.5 Å². The number of Topliss-reactive ketones (excluding diaryl/α,β-unsaturated/α-hetero) is 1. The zero-order valence-corrected chi connectivity index (χ0v) is 12.9. The van der Waals surface area contributed by atoms with Gasteiger partial charge in [-0.1, -0.05) is 58.9 Å². The molecule has 1 N–H and O–H groups in total. The van der Waals surface area contributed by atoms with Gasteiger partial charge in [-0.2, -0.15) is 0 Å². The minimum absolute atomic E-state index is 0.136. The highest BCUT2D eigenvalue weighted by Crippen LogP contribution is 2.22. The van der Waals surface area contributed by atoms with E-state index in [2.05, 4.69) is 52.1 Å². The quantitative estimate of drug-likeness (QED) is 0.623. The molecule has 0 amide bonds. The van der Waals surface area contributed by atoms with Crippen molar-refractivity contribution < 1.29 is 4.79 Å². The average molecular weight is 261 g/mol. The van der Waals surface area contributed by atoms with Crippen molar-refractivity contribution >= 4 is 5.78 Å². The number of hydrogen-bond donors (Lipinski definition) is 1. The summed E-state index contributed by atoms with van der Waals surface area (Å²) in [5, 5.41) is 3.21. The van der Waals surface area contributed by atoms with Gasteiger partial charge in [-0.25, -0.2) is 0 Å². The molecule has 0 unspecified atom stereocenters. The maximum Gasteiger partial charge on any atom is 0.176 e. The van der Waals surface area contributed by atoms with Crippen molar-refractivity contribution in [2.24, 2.45) is 5.92 Å². The third-order valence-electron chi connectivity index (χ3n) is 3.26. The van der Waals surface area contributed by atoms with E-state index in [1.807, 2.05) is 12.1 Å². The Morgan fingerprint density at radius 2 is 1.74 bits per heavy atom. The summed E-state index contributed by atoms with van der Waals surface area (Å²) < 4.78 is 0. The number of nitrogens with one attached hydrogen (secondary N) is 1. The predicted octanol–water partition coefficient (Wildman–Crippen LogP) is 3.80. The van der Waals surface area contributed by atoms with Crippen LogP contribution in [-0.4, -0.2) is 18.9 Å². The molecule has 2 nitrogen and oxygen atoms in total. The highest BCUT2D eigenvalue weighted by atomic mass is 16.1. The van der Waals surface area contributed by atoms with Crippen molar-refractivity contribution in [3.05, 3.63) is 35.4 Å². The van der Waals surface area contributed by atoms with Crippen LogP contribution in [0, 0.1) is 5.92 Å². The van der Waals surface area contributed by atoms with Crippen molar-refractivity contribution in [1.82, 2.24) is 5.32 Å². The van der Waals surface area contributed by atoms with Crippen LogP contribution in [0.5, 0.6) is 0 Å². The van der Waals surface area contributed by atoms with Gasteiger partial charge in [0.15, 0.2) is 5.78 Å². The van der Waals surface area contributed by atoms with Crippen molar-refractivity contribution in [3.63, 3.8) is 0 Å². The van der Waals surface area contributed by atoms with E-state index in [1.54, 1.807) is 0 Å². The van der Waals surface area contributed by atoms with E-state index >= 15 is 0 Å². The van der Waals surface area contributed by atoms with Crippen LogP contribution in [0.2, 0.25) is 0 Å². The molecule has 106 valence electrons. The van der Waals surface area contributed by atoms with Gasteiger partial charge < -0.3 is 5.32 Å². The van der Waals surface area contributed by atoms with E-state index in [9.17, 15) is 4.79 Å². The van der Waals surface area contributed by atoms with E-state index in [1.165, 1.54) is 5.56 Å². The molecule has 0 aromatic heterocycles. The predicted molar refractivity (Wildman–Crippen MR) is 81.8 cm³/mol. The molecule has 0 aliphatic carbocycles. The highest BCUT2D eigenvalue weighted by Gasteiger charge is 2.14. The number of rotatable bonds is 6. The van der Waals surface area contributed by atoms with Gasteiger partial charge in [-0.05, 0) is 29.9 Å². The number of benzene rings is 1. The maximum atomic E-state index is 12.0. The summed E-state index contributed by atoms with van der Waals surface area (Å²) in [6.07, 6.45) is 1.11. The van der Waals surface area contributed by atoms with Gasteiger partial charge in [-0.3, -0.25) is 4.79 Å². The molecule has 0 radical (unpaired) electrons. The Morgan fingerprint density at radius 3 is 2.21 bits per heavy atom. The summed E-state index contributed by atoms with van der Waals surface area (Å²) in [7, 11) is 0. The second-order valence-corrected chi connectivity index (χ2v) is 6.61. The normalized spacial score (nSPS) is 11.9. The summed E-state index contributed by atoms with van der Waals surface area (Å²) in [5.41, 5.74) is 2.19. The average Bonchev–Trinajstić information content (AvgIpc) is 2.33. The molecule has 0 aliphatic rings. The highest BCUT2D eigenvalue weighted by molar-refractivity contribution is 5.97. The molecule has 1 aromatic carbocycles. The molecule has 19 heavy (non-hydrogen) atoms. The minimum atomic E-state index is 0.136. The fraction of sp³-hybridized carbons (Fsp3) is 0.588. The van der Waals surface area contributed by atoms with E-state index < -0.39 is 0 Å². The first kappa shape index (κ1) is 15.9. The lowest BCUT2D eigenvalue weighted by atomic mass is 9.86. The molecular weight excluding hydrogens is 234 g/mol. The molecule has 1 rings (SSSR count). The fourth-order valence-electron chi connectivity index (χ4n) is 1.85. The zero-order valence-electron chi connectivity index (χ0n) is 12.9. The Hall–Kier alpha value is -1.15. The lowest BCUT2D eigenvalue weighted by Gasteiger charge is -2.19. The second-order valence-electron chi connectivity index (χ2n) is 6.61. The van der Waals surface area contributed by atoms with E-state index in [0.717, 1.165) is 18.5 Å². The second kappa shape index (κ2) is 6.85. The summed E-state index contributed by atoms with van der Waals surface area (Å²) in [5.74, 6) is 0.845. The SMILES string of the molecule is CC(C)CCNCC(=O)c1ccc(C(C)(C)C)cc1. The van der Waals surface area contributed by atoms with Gasteiger partial charge in [0.05, 0.1) is 6.54 Å². The Balaban J connectivity index is 2.49. The molecule has 0 fully saturated rings. The summed E-state index contributed by atoms with van der Waals surface area (Å²) in [6.45, 7) is 12.3. The Labute approximate surface area is 117 Å². The molecule has 1 aromatic rings. The van der Waals surface area contributed by atoms with Crippen molar-refractivity contribution in [3.8, 4) is 0 Å². The largest absolute Gasteiger partial charge is 0.310 e. The molecule has 0 atom stereocenters. The number of carbonyl (C=O) groups excluding carboxylic acids is 1. The standard InChI is InChI=1S/C17H27NO/c1-13(2)10-11-18-12-16(19)14-6-8-15(9-7-14)17(3,4)5/h6-9,13,18H,10-12H2,1-5H3. The molecule has 0 saturated heterocycles. The first-order valence-electron chi connectivity index (χ1n) is 7.15. The summed E-state index contributed by atoms with van der Waals surface area (Å²) in [6, 6.07) is 7.99. The Morgan fingerprint density at radius 1 is 1.16 bits per heavy atom. The lowest BCUT2D eigenvalue weighted by Crippen LogP contribution is -2.25. The zero-order chi connectivity index (χ0) is 14.5. The maximum absolute atomic E-state index is 12.0. The Kier molecular flexibility index (Phi) is 5.74. The van der Waals surface area contributed by atoms with Gasteiger partial charge in [-0.15, -0.1) is 0 Å². The van der Waals surface area contributed by atoms with Gasteiger partial charge >= 0.3 is 0 Å². The van der Waals surface area contributed by atoms with Crippen molar-refractivity contribution in [2.75, 3.05) is 13.1 Å². The Bertz CT molecular complexity index is 398. The minimum Gasteiger partial charge on any atom is -0.310 e. The summed E-state index contributed by atoms with van der Waals surface area (Å²) in [4.78, 5) is 12.0. The first-order valence-corrected chi connectivity index (χ1v) is 7.15. The van der Waals surface area contributed by atoms with E-state index in [0.29, 0.717) is 12.5 Å². The van der Waals surface area contributed by atoms with Gasteiger partial charge in [0.2, 0.25) is 0 Å². The first-order chi connectivity index (χ1) is 8.80.